The zero-order valence-corrected chi connectivity index (χ0v) is 10.5. The molecule has 3 N–H and O–H groups in total. The summed E-state index contributed by atoms with van der Waals surface area (Å²) in [5.41, 5.74) is 5.49. The quantitative estimate of drug-likeness (QED) is 0.688. The maximum atomic E-state index is 11.4. The number of nitrogens with two attached hydrogens (primary N) is 1. The molecule has 0 aliphatic carbocycles. The normalized spacial score (nSPS) is 42.6. The second-order valence-electron chi connectivity index (χ2n) is 5.42. The Morgan fingerprint density at radius 3 is 2.69 bits per heavy atom. The molecule has 2 fully saturated rings. The molecule has 2 rings (SSSR count). The SMILES string of the molecule is CC1(NCC2(N)CCOC2)CCS(=O)(=O)C1. The summed E-state index contributed by atoms with van der Waals surface area (Å²) >= 11 is 0. The van der Waals surface area contributed by atoms with Gasteiger partial charge >= 0.3 is 0 Å². The number of hydrogen-bond acceptors (Lipinski definition) is 5. The summed E-state index contributed by atoms with van der Waals surface area (Å²) < 4.78 is 28.1. The smallest absolute Gasteiger partial charge is 0.152 e. The molecule has 2 heterocycles. The molecule has 5 nitrogen and oxygen atoms in total. The average Bonchev–Trinajstić information content (AvgIpc) is 2.70. The zero-order chi connectivity index (χ0) is 11.9. The van der Waals surface area contributed by atoms with E-state index in [2.05, 4.69) is 5.32 Å². The van der Waals surface area contributed by atoms with Gasteiger partial charge in [0, 0.05) is 18.7 Å². The number of hydrogen-bond donors (Lipinski definition) is 2. The number of rotatable bonds is 3. The van der Waals surface area contributed by atoms with Gasteiger partial charge in [-0.05, 0) is 19.8 Å². The summed E-state index contributed by atoms with van der Waals surface area (Å²) in [6, 6.07) is 0. The lowest BCUT2D eigenvalue weighted by atomic mass is 9.96. The third-order valence-corrected chi connectivity index (χ3v) is 5.41. The fraction of sp³-hybridized carbons (Fsp3) is 1.00. The Labute approximate surface area is 96.6 Å². The molecule has 0 aromatic rings. The summed E-state index contributed by atoms with van der Waals surface area (Å²) in [7, 11) is -2.85. The fourth-order valence-corrected chi connectivity index (χ4v) is 4.42. The van der Waals surface area contributed by atoms with Crippen LogP contribution >= 0.6 is 0 Å². The summed E-state index contributed by atoms with van der Waals surface area (Å²) in [5.74, 6) is 0.501. The highest BCUT2D eigenvalue weighted by atomic mass is 32.2. The van der Waals surface area contributed by atoms with Gasteiger partial charge in [0.05, 0.1) is 23.7 Å². The minimum absolute atomic E-state index is 0.219. The van der Waals surface area contributed by atoms with Crippen LogP contribution in [0.15, 0.2) is 0 Å². The summed E-state index contributed by atoms with van der Waals surface area (Å²) in [6.07, 6.45) is 1.51. The van der Waals surface area contributed by atoms with Crippen molar-refractivity contribution in [2.24, 2.45) is 5.73 Å². The molecule has 0 radical (unpaired) electrons. The van der Waals surface area contributed by atoms with E-state index in [1.165, 1.54) is 0 Å². The van der Waals surface area contributed by atoms with Gasteiger partial charge in [-0.1, -0.05) is 0 Å². The molecule has 0 saturated carbocycles. The molecule has 0 aromatic heterocycles. The number of sulfone groups is 1. The molecule has 6 heteroatoms. The molecule has 2 saturated heterocycles. The van der Waals surface area contributed by atoms with E-state index >= 15 is 0 Å². The number of ether oxygens (including phenoxy) is 1. The first-order valence-electron chi connectivity index (χ1n) is 5.65. The molecule has 0 bridgehead atoms. The molecule has 94 valence electrons. The first kappa shape index (κ1) is 12.3. The Kier molecular flexibility index (Phi) is 3.03. The van der Waals surface area contributed by atoms with Gasteiger partial charge in [-0.3, -0.25) is 0 Å². The van der Waals surface area contributed by atoms with E-state index in [0.717, 1.165) is 6.42 Å². The molecule has 0 aromatic carbocycles. The maximum absolute atomic E-state index is 11.4. The molecule has 0 spiro atoms. The molecule has 0 amide bonds. The largest absolute Gasteiger partial charge is 0.379 e. The molecule has 2 unspecified atom stereocenters. The van der Waals surface area contributed by atoms with E-state index in [1.807, 2.05) is 6.92 Å². The van der Waals surface area contributed by atoms with E-state index in [-0.39, 0.29) is 22.6 Å². The van der Waals surface area contributed by atoms with Crippen molar-refractivity contribution in [1.29, 1.82) is 0 Å². The minimum Gasteiger partial charge on any atom is -0.379 e. The molecular weight excluding hydrogens is 228 g/mol. The van der Waals surface area contributed by atoms with Gasteiger partial charge in [0.2, 0.25) is 0 Å². The van der Waals surface area contributed by atoms with Crippen LogP contribution < -0.4 is 11.1 Å². The minimum atomic E-state index is -2.85. The van der Waals surface area contributed by atoms with Crippen LogP contribution in [-0.4, -0.2) is 50.8 Å². The topological polar surface area (TPSA) is 81.4 Å². The standard InChI is InChI=1S/C10H20N2O3S/c1-9(3-5-16(13,14)8-9)12-6-10(11)2-4-15-7-10/h12H,2-8,11H2,1H3. The van der Waals surface area contributed by atoms with Crippen molar-refractivity contribution in [1.82, 2.24) is 5.32 Å². The van der Waals surface area contributed by atoms with E-state index in [9.17, 15) is 8.42 Å². The average molecular weight is 248 g/mol. The van der Waals surface area contributed by atoms with Crippen LogP contribution in [0.5, 0.6) is 0 Å². The lowest BCUT2D eigenvalue weighted by Gasteiger charge is -2.30. The van der Waals surface area contributed by atoms with Crippen molar-refractivity contribution < 1.29 is 13.2 Å². The van der Waals surface area contributed by atoms with Crippen molar-refractivity contribution >= 4 is 9.84 Å². The van der Waals surface area contributed by atoms with Gasteiger partial charge < -0.3 is 15.8 Å². The Morgan fingerprint density at radius 1 is 1.44 bits per heavy atom. The summed E-state index contributed by atoms with van der Waals surface area (Å²) in [6.45, 7) is 3.84. The van der Waals surface area contributed by atoms with Gasteiger partial charge in [0.1, 0.15) is 0 Å². The lowest BCUT2D eigenvalue weighted by Crippen LogP contribution is -2.55. The van der Waals surface area contributed by atoms with E-state index in [0.29, 0.717) is 26.2 Å². The van der Waals surface area contributed by atoms with Crippen LogP contribution in [0.4, 0.5) is 0 Å². The van der Waals surface area contributed by atoms with Gasteiger partial charge in [0.25, 0.3) is 0 Å². The molecule has 2 aliphatic heterocycles. The third kappa shape index (κ3) is 2.74. The first-order valence-corrected chi connectivity index (χ1v) is 7.47. The van der Waals surface area contributed by atoms with Crippen molar-refractivity contribution in [2.45, 2.75) is 30.8 Å². The monoisotopic (exact) mass is 248 g/mol. The van der Waals surface area contributed by atoms with Crippen molar-refractivity contribution in [3.63, 3.8) is 0 Å². The number of nitrogens with one attached hydrogen (secondary N) is 1. The fourth-order valence-electron chi connectivity index (χ4n) is 2.30. The molecule has 2 aliphatic rings. The van der Waals surface area contributed by atoms with E-state index in [1.54, 1.807) is 0 Å². The Hall–Kier alpha value is -0.170. The van der Waals surface area contributed by atoms with E-state index < -0.39 is 9.84 Å². The van der Waals surface area contributed by atoms with Crippen LogP contribution in [0.1, 0.15) is 19.8 Å². The van der Waals surface area contributed by atoms with Crippen LogP contribution in [0.2, 0.25) is 0 Å². The van der Waals surface area contributed by atoms with Crippen molar-refractivity contribution in [3.8, 4) is 0 Å². The lowest BCUT2D eigenvalue weighted by molar-refractivity contribution is 0.174. The van der Waals surface area contributed by atoms with Crippen molar-refractivity contribution in [3.05, 3.63) is 0 Å². The zero-order valence-electron chi connectivity index (χ0n) is 9.66. The molecular formula is C10H20N2O3S. The maximum Gasteiger partial charge on any atom is 0.152 e. The Bertz CT molecular complexity index is 362. The van der Waals surface area contributed by atoms with Gasteiger partial charge in [0.15, 0.2) is 9.84 Å². The summed E-state index contributed by atoms with van der Waals surface area (Å²) in [4.78, 5) is 0. The van der Waals surface area contributed by atoms with Gasteiger partial charge in [-0.2, -0.15) is 0 Å². The Balaban J connectivity index is 1.91. The molecule has 2 atom stereocenters. The highest BCUT2D eigenvalue weighted by molar-refractivity contribution is 7.91. The second kappa shape index (κ2) is 3.94. The van der Waals surface area contributed by atoms with Crippen LogP contribution in [-0.2, 0) is 14.6 Å². The first-order chi connectivity index (χ1) is 7.33. The van der Waals surface area contributed by atoms with Crippen LogP contribution in [0.3, 0.4) is 0 Å². The van der Waals surface area contributed by atoms with Gasteiger partial charge in [-0.15, -0.1) is 0 Å². The van der Waals surface area contributed by atoms with Gasteiger partial charge in [-0.25, -0.2) is 8.42 Å². The predicted molar refractivity (Wildman–Crippen MR) is 62.0 cm³/mol. The predicted octanol–water partition coefficient (Wildman–Crippen LogP) is -0.729. The highest BCUT2D eigenvalue weighted by Crippen LogP contribution is 2.24. The highest BCUT2D eigenvalue weighted by Gasteiger charge is 2.40. The van der Waals surface area contributed by atoms with Crippen molar-refractivity contribution in [2.75, 3.05) is 31.3 Å². The molecule has 16 heavy (non-hydrogen) atoms. The third-order valence-electron chi connectivity index (χ3n) is 3.50. The summed E-state index contributed by atoms with van der Waals surface area (Å²) in [5, 5.41) is 3.31. The van der Waals surface area contributed by atoms with Crippen LogP contribution in [0.25, 0.3) is 0 Å². The van der Waals surface area contributed by atoms with E-state index in [4.69, 9.17) is 10.5 Å². The Morgan fingerprint density at radius 2 is 2.19 bits per heavy atom. The second-order valence-corrected chi connectivity index (χ2v) is 7.61. The van der Waals surface area contributed by atoms with Crippen LogP contribution in [0, 0.1) is 0 Å².